The molecule has 2 aromatic rings. The van der Waals surface area contributed by atoms with Gasteiger partial charge in [-0.15, -0.1) is 11.3 Å². The summed E-state index contributed by atoms with van der Waals surface area (Å²) in [6, 6.07) is 9.05. The van der Waals surface area contributed by atoms with Crippen molar-refractivity contribution in [3.05, 3.63) is 49.0 Å². The minimum Gasteiger partial charge on any atom is -0.482 e. The first-order valence-corrected chi connectivity index (χ1v) is 7.53. The maximum atomic E-state index is 6.06. The molecule has 0 saturated heterocycles. The van der Waals surface area contributed by atoms with Crippen LogP contribution >= 0.6 is 50.5 Å². The van der Waals surface area contributed by atoms with Crippen LogP contribution in [0.15, 0.2) is 34.1 Å². The Balaban J connectivity index is 2.22. The van der Waals surface area contributed by atoms with Gasteiger partial charge in [-0.25, -0.2) is 0 Å². The van der Waals surface area contributed by atoms with Crippen molar-refractivity contribution < 1.29 is 4.74 Å². The van der Waals surface area contributed by atoms with E-state index in [0.29, 0.717) is 22.3 Å². The summed E-state index contributed by atoms with van der Waals surface area (Å²) in [4.78, 5) is 1.04. The van der Waals surface area contributed by atoms with E-state index in [0.717, 1.165) is 8.66 Å². The van der Waals surface area contributed by atoms with Gasteiger partial charge < -0.3 is 10.5 Å². The zero-order valence-corrected chi connectivity index (χ0v) is 13.1. The van der Waals surface area contributed by atoms with Crippen LogP contribution in [0.25, 0.3) is 0 Å². The Morgan fingerprint density at radius 1 is 1.28 bits per heavy atom. The number of nitrogens with two attached hydrogens (primary N) is 1. The first-order chi connectivity index (χ1) is 8.60. The summed E-state index contributed by atoms with van der Waals surface area (Å²) >= 11 is 17.0. The third kappa shape index (κ3) is 3.39. The summed E-state index contributed by atoms with van der Waals surface area (Å²) in [5.74, 6) is 0.545. The van der Waals surface area contributed by atoms with Gasteiger partial charge in [0.25, 0.3) is 0 Å². The molecule has 6 heteroatoms. The van der Waals surface area contributed by atoms with Crippen molar-refractivity contribution >= 4 is 50.5 Å². The average Bonchev–Trinajstić information content (AvgIpc) is 2.77. The second kappa shape index (κ2) is 6.26. The van der Waals surface area contributed by atoms with E-state index in [-0.39, 0.29) is 6.10 Å². The third-order valence-electron chi connectivity index (χ3n) is 2.29. The van der Waals surface area contributed by atoms with Crippen molar-refractivity contribution in [2.24, 2.45) is 5.73 Å². The van der Waals surface area contributed by atoms with E-state index in [9.17, 15) is 0 Å². The lowest BCUT2D eigenvalue weighted by Crippen LogP contribution is -2.17. The minimum absolute atomic E-state index is 0.225. The second-order valence-corrected chi connectivity index (χ2v) is 6.90. The Morgan fingerprint density at radius 3 is 2.67 bits per heavy atom. The molecule has 1 atom stereocenters. The summed E-state index contributed by atoms with van der Waals surface area (Å²) in [5, 5.41) is 1.10. The summed E-state index contributed by atoms with van der Waals surface area (Å²) in [6.45, 7) is 0.371. The van der Waals surface area contributed by atoms with E-state index in [4.69, 9.17) is 33.7 Å². The van der Waals surface area contributed by atoms with Gasteiger partial charge in [0.1, 0.15) is 11.9 Å². The highest BCUT2D eigenvalue weighted by Crippen LogP contribution is 2.34. The predicted molar refractivity (Wildman–Crippen MR) is 80.9 cm³/mol. The molecular weight excluding hydrogens is 357 g/mol. The fourth-order valence-corrected chi connectivity index (χ4v) is 3.23. The van der Waals surface area contributed by atoms with Gasteiger partial charge in [-0.3, -0.25) is 0 Å². The highest BCUT2D eigenvalue weighted by molar-refractivity contribution is 9.11. The van der Waals surface area contributed by atoms with Gasteiger partial charge in [-0.05, 0) is 40.2 Å². The molecule has 0 spiro atoms. The molecule has 0 bridgehead atoms. The average molecular weight is 367 g/mol. The largest absolute Gasteiger partial charge is 0.482 e. The monoisotopic (exact) mass is 365 g/mol. The van der Waals surface area contributed by atoms with Crippen molar-refractivity contribution in [3.63, 3.8) is 0 Å². The van der Waals surface area contributed by atoms with Gasteiger partial charge in [-0.2, -0.15) is 0 Å². The van der Waals surface area contributed by atoms with Gasteiger partial charge in [-0.1, -0.05) is 23.2 Å². The van der Waals surface area contributed by atoms with Crippen molar-refractivity contribution in [3.8, 4) is 5.75 Å². The van der Waals surface area contributed by atoms with Crippen LogP contribution in [0.5, 0.6) is 5.75 Å². The summed E-state index contributed by atoms with van der Waals surface area (Å²) in [6.07, 6.45) is -0.225. The molecule has 96 valence electrons. The number of benzene rings is 1. The molecule has 0 aliphatic carbocycles. The zero-order chi connectivity index (χ0) is 13.1. The minimum atomic E-state index is -0.225. The van der Waals surface area contributed by atoms with Crippen LogP contribution in [0, 0.1) is 0 Å². The van der Waals surface area contributed by atoms with E-state index < -0.39 is 0 Å². The fourth-order valence-electron chi connectivity index (χ4n) is 1.44. The van der Waals surface area contributed by atoms with Crippen LogP contribution in [0.2, 0.25) is 10.0 Å². The van der Waals surface area contributed by atoms with Crippen LogP contribution in [-0.4, -0.2) is 6.54 Å². The fraction of sp³-hybridized carbons (Fsp3) is 0.167. The van der Waals surface area contributed by atoms with E-state index in [1.165, 1.54) is 0 Å². The molecule has 0 fully saturated rings. The Labute approximate surface area is 128 Å². The standard InChI is InChI=1S/C12H10BrCl2NOS/c13-12-4-3-11(18-12)10(6-16)17-9-5-7(14)1-2-8(9)15/h1-5,10H,6,16H2. The van der Waals surface area contributed by atoms with Gasteiger partial charge in [0, 0.05) is 22.5 Å². The highest BCUT2D eigenvalue weighted by atomic mass is 79.9. The first kappa shape index (κ1) is 14.2. The van der Waals surface area contributed by atoms with Gasteiger partial charge in [0.05, 0.1) is 8.81 Å². The molecule has 0 aliphatic heterocycles. The van der Waals surface area contributed by atoms with Crippen molar-refractivity contribution in [1.82, 2.24) is 0 Å². The normalized spacial score (nSPS) is 12.4. The summed E-state index contributed by atoms with van der Waals surface area (Å²) in [5.41, 5.74) is 5.74. The molecule has 2 rings (SSSR count). The Morgan fingerprint density at radius 2 is 2.06 bits per heavy atom. The molecule has 0 aliphatic rings. The third-order valence-corrected chi connectivity index (χ3v) is 4.55. The van der Waals surface area contributed by atoms with Crippen LogP contribution < -0.4 is 10.5 Å². The lowest BCUT2D eigenvalue weighted by Gasteiger charge is -2.17. The van der Waals surface area contributed by atoms with E-state index in [2.05, 4.69) is 15.9 Å². The Bertz CT molecular complexity index is 547. The van der Waals surface area contributed by atoms with Gasteiger partial charge in [0.2, 0.25) is 0 Å². The van der Waals surface area contributed by atoms with E-state index >= 15 is 0 Å². The van der Waals surface area contributed by atoms with Crippen molar-refractivity contribution in [2.75, 3.05) is 6.54 Å². The number of hydrogen-bond acceptors (Lipinski definition) is 3. The number of thiophene rings is 1. The second-order valence-electron chi connectivity index (χ2n) is 3.56. The summed E-state index contributed by atoms with van der Waals surface area (Å²) < 4.78 is 6.86. The van der Waals surface area contributed by atoms with Crippen LogP contribution in [0.1, 0.15) is 11.0 Å². The molecule has 1 aromatic heterocycles. The molecule has 18 heavy (non-hydrogen) atoms. The van der Waals surface area contributed by atoms with Crippen LogP contribution in [-0.2, 0) is 0 Å². The quantitative estimate of drug-likeness (QED) is 0.835. The number of rotatable bonds is 4. The molecule has 2 N–H and O–H groups in total. The molecule has 0 saturated carbocycles. The first-order valence-electron chi connectivity index (χ1n) is 5.17. The molecular formula is C12H10BrCl2NOS. The van der Waals surface area contributed by atoms with Crippen molar-refractivity contribution in [2.45, 2.75) is 6.10 Å². The van der Waals surface area contributed by atoms with Gasteiger partial charge >= 0.3 is 0 Å². The maximum Gasteiger partial charge on any atom is 0.145 e. The van der Waals surface area contributed by atoms with E-state index in [1.807, 2.05) is 12.1 Å². The molecule has 1 heterocycles. The molecule has 0 radical (unpaired) electrons. The molecule has 0 amide bonds. The Kier molecular flexibility index (Phi) is 4.92. The molecule has 2 nitrogen and oxygen atoms in total. The van der Waals surface area contributed by atoms with E-state index in [1.54, 1.807) is 29.5 Å². The molecule has 1 unspecified atom stereocenters. The van der Waals surface area contributed by atoms with Crippen LogP contribution in [0.4, 0.5) is 0 Å². The van der Waals surface area contributed by atoms with Crippen LogP contribution in [0.3, 0.4) is 0 Å². The maximum absolute atomic E-state index is 6.06. The SMILES string of the molecule is NCC(Oc1cc(Cl)ccc1Cl)c1ccc(Br)s1. The number of hydrogen-bond donors (Lipinski definition) is 1. The highest BCUT2D eigenvalue weighted by Gasteiger charge is 2.15. The molecule has 1 aromatic carbocycles. The smallest absolute Gasteiger partial charge is 0.145 e. The number of halogens is 3. The topological polar surface area (TPSA) is 35.2 Å². The predicted octanol–water partition coefficient (Wildman–Crippen LogP) is 4.90. The zero-order valence-electron chi connectivity index (χ0n) is 9.20. The van der Waals surface area contributed by atoms with Gasteiger partial charge in [0.15, 0.2) is 0 Å². The van der Waals surface area contributed by atoms with Crippen molar-refractivity contribution in [1.29, 1.82) is 0 Å². The lowest BCUT2D eigenvalue weighted by atomic mass is 10.3. The number of ether oxygens (including phenoxy) is 1. The summed E-state index contributed by atoms with van der Waals surface area (Å²) in [7, 11) is 0. The Hall–Kier alpha value is -0.260. The lowest BCUT2D eigenvalue weighted by molar-refractivity contribution is 0.218.